The van der Waals surface area contributed by atoms with Crippen LogP contribution >= 0.6 is 22.9 Å². The van der Waals surface area contributed by atoms with Crippen molar-refractivity contribution in [2.24, 2.45) is 0 Å². The maximum atomic E-state index is 12.7. The third-order valence-corrected chi connectivity index (χ3v) is 6.85. The topological polar surface area (TPSA) is 147 Å². The second-order valence-electron chi connectivity index (χ2n) is 8.78. The van der Waals surface area contributed by atoms with Crippen molar-refractivity contribution in [3.8, 4) is 0 Å². The highest BCUT2D eigenvalue weighted by molar-refractivity contribution is 7.17. The van der Waals surface area contributed by atoms with Gasteiger partial charge < -0.3 is 30.9 Å². The van der Waals surface area contributed by atoms with Gasteiger partial charge in [-0.1, -0.05) is 35.1 Å². The van der Waals surface area contributed by atoms with E-state index < -0.39 is 6.10 Å². The molecule has 1 aliphatic heterocycles. The molecule has 11 nitrogen and oxygen atoms in total. The van der Waals surface area contributed by atoms with Crippen molar-refractivity contribution in [3.63, 3.8) is 0 Å². The van der Waals surface area contributed by atoms with E-state index in [9.17, 15) is 4.79 Å². The summed E-state index contributed by atoms with van der Waals surface area (Å²) in [5.41, 5.74) is 1.49. The maximum Gasteiger partial charge on any atom is 0.267 e. The molecule has 13 heteroatoms. The third-order valence-electron chi connectivity index (χ3n) is 5.63. The van der Waals surface area contributed by atoms with Gasteiger partial charge in [-0.2, -0.15) is 0 Å². The number of hydrogen-bond donors (Lipinski definition) is 5. The number of amides is 1. The van der Waals surface area contributed by atoms with Crippen LogP contribution in [0.3, 0.4) is 0 Å². The quantitative estimate of drug-likeness (QED) is 0.277. The molecule has 3 heterocycles. The molecule has 1 atom stereocenters. The van der Waals surface area contributed by atoms with E-state index in [2.05, 4.69) is 35.4 Å². The largest absolute Gasteiger partial charge is 0.395 e. The van der Waals surface area contributed by atoms with Gasteiger partial charge in [0.05, 0.1) is 36.2 Å². The lowest BCUT2D eigenvalue weighted by Crippen LogP contribution is -2.47. The van der Waals surface area contributed by atoms with Gasteiger partial charge in [-0.3, -0.25) is 9.69 Å². The number of hydrogen-bond acceptors (Lipinski definition) is 11. The minimum atomic E-state index is -0.560. The maximum absolute atomic E-state index is 12.7. The summed E-state index contributed by atoms with van der Waals surface area (Å²) in [6, 6.07) is 7.37. The Balaban J connectivity index is 0.000000732. The highest BCUT2D eigenvalue weighted by atomic mass is 35.5. The molecule has 2 aromatic heterocycles. The molecular weight excluding hydrogens is 530 g/mol. The molecule has 5 N–H and O–H groups in total. The predicted molar refractivity (Wildman–Crippen MR) is 151 cm³/mol. The highest BCUT2D eigenvalue weighted by Gasteiger charge is 2.19. The summed E-state index contributed by atoms with van der Waals surface area (Å²) in [4.78, 5) is 31.0. The lowest BCUT2D eigenvalue weighted by molar-refractivity contribution is 0.103. The molecule has 38 heavy (non-hydrogen) atoms. The number of aryl methyl sites for hydroxylation is 2. The van der Waals surface area contributed by atoms with Gasteiger partial charge in [0.25, 0.3) is 5.91 Å². The second kappa shape index (κ2) is 14.3. The number of aliphatic hydroxyl groups excluding tert-OH is 3. The van der Waals surface area contributed by atoms with Crippen molar-refractivity contribution in [2.45, 2.75) is 26.9 Å². The van der Waals surface area contributed by atoms with Crippen molar-refractivity contribution in [2.75, 3.05) is 61.5 Å². The SMILES string of the molecule is C[C@H](O)CO.Cc1nc(Nc2ncc(C(=O)Nc3c(C)cccc3Cl)s2)cc(N2CCN(CCO)CC2)n1. The third kappa shape index (κ3) is 8.58. The molecule has 0 saturated carbocycles. The first kappa shape index (κ1) is 29.7. The Kier molecular flexibility index (Phi) is 11.2. The number of nitrogens with zero attached hydrogens (tertiary/aromatic N) is 5. The van der Waals surface area contributed by atoms with Crippen LogP contribution < -0.4 is 15.5 Å². The summed E-state index contributed by atoms with van der Waals surface area (Å²) in [7, 11) is 0. The molecule has 0 spiro atoms. The van der Waals surface area contributed by atoms with Gasteiger partial charge in [-0.25, -0.2) is 15.0 Å². The Bertz CT molecular complexity index is 1180. The predicted octanol–water partition coefficient (Wildman–Crippen LogP) is 2.67. The zero-order chi connectivity index (χ0) is 27.7. The van der Waals surface area contributed by atoms with Gasteiger partial charge in [0.1, 0.15) is 22.3 Å². The molecule has 1 aromatic carbocycles. The van der Waals surface area contributed by atoms with Crippen LogP contribution in [0.25, 0.3) is 0 Å². The normalized spacial score (nSPS) is 14.4. The summed E-state index contributed by atoms with van der Waals surface area (Å²) in [5, 5.41) is 32.2. The summed E-state index contributed by atoms with van der Waals surface area (Å²) in [6.07, 6.45) is 0.971. The Morgan fingerprint density at radius 2 is 1.89 bits per heavy atom. The van der Waals surface area contributed by atoms with E-state index in [0.717, 1.165) is 37.6 Å². The molecule has 0 aliphatic carbocycles. The summed E-state index contributed by atoms with van der Waals surface area (Å²) < 4.78 is 0. The molecule has 3 aromatic rings. The van der Waals surface area contributed by atoms with Crippen LogP contribution in [-0.2, 0) is 0 Å². The first-order valence-corrected chi connectivity index (χ1v) is 13.4. The monoisotopic (exact) mass is 563 g/mol. The van der Waals surface area contributed by atoms with Crippen molar-refractivity contribution < 1.29 is 20.1 Å². The minimum absolute atomic E-state index is 0.139. The van der Waals surface area contributed by atoms with Crippen LogP contribution in [0.15, 0.2) is 30.5 Å². The van der Waals surface area contributed by atoms with Gasteiger partial charge in [0.15, 0.2) is 5.13 Å². The molecular formula is C25H34ClN7O4S. The van der Waals surface area contributed by atoms with Crippen LogP contribution in [0, 0.1) is 13.8 Å². The van der Waals surface area contributed by atoms with Crippen LogP contribution in [0.5, 0.6) is 0 Å². The van der Waals surface area contributed by atoms with Crippen molar-refractivity contribution >= 4 is 51.3 Å². The number of piperazine rings is 1. The van der Waals surface area contributed by atoms with Crippen molar-refractivity contribution in [1.29, 1.82) is 0 Å². The van der Waals surface area contributed by atoms with Gasteiger partial charge in [-0.15, -0.1) is 0 Å². The fraction of sp³-hybridized carbons (Fsp3) is 0.440. The number of nitrogens with one attached hydrogen (secondary N) is 2. The highest BCUT2D eigenvalue weighted by Crippen LogP contribution is 2.28. The summed E-state index contributed by atoms with van der Waals surface area (Å²) in [5.74, 6) is 1.85. The van der Waals surface area contributed by atoms with Gasteiger partial charge in [0.2, 0.25) is 0 Å². The molecule has 1 fully saturated rings. The Labute approximate surface area is 231 Å². The summed E-state index contributed by atoms with van der Waals surface area (Å²) in [6.45, 7) is 9.42. The molecule has 1 aliphatic rings. The first-order valence-electron chi connectivity index (χ1n) is 12.2. The molecule has 0 bridgehead atoms. The van der Waals surface area contributed by atoms with Gasteiger partial charge >= 0.3 is 0 Å². The number of β-amino-alcohol motifs (C(OH)–C–C–N with tert-alkyl or cyclic N) is 1. The average molecular weight is 564 g/mol. The van der Waals surface area contributed by atoms with E-state index in [1.165, 1.54) is 24.5 Å². The lowest BCUT2D eigenvalue weighted by atomic mass is 10.2. The Morgan fingerprint density at radius 1 is 1.18 bits per heavy atom. The molecule has 1 amide bonds. The number of aliphatic hydroxyl groups is 3. The number of halogens is 1. The molecule has 0 unspecified atom stereocenters. The van der Waals surface area contributed by atoms with Crippen molar-refractivity contribution in [3.05, 3.63) is 51.7 Å². The number of thiazole rings is 1. The van der Waals surface area contributed by atoms with Crippen LogP contribution in [-0.4, -0.2) is 93.1 Å². The molecule has 4 rings (SSSR count). The van der Waals surface area contributed by atoms with E-state index in [-0.39, 0.29) is 19.1 Å². The fourth-order valence-corrected chi connectivity index (χ4v) is 4.62. The first-order chi connectivity index (χ1) is 18.2. The Morgan fingerprint density at radius 3 is 2.53 bits per heavy atom. The summed E-state index contributed by atoms with van der Waals surface area (Å²) >= 11 is 7.46. The second-order valence-corrected chi connectivity index (χ2v) is 10.2. The van der Waals surface area contributed by atoms with Gasteiger partial charge in [-0.05, 0) is 32.4 Å². The number of benzene rings is 1. The van der Waals surface area contributed by atoms with E-state index in [0.29, 0.717) is 38.9 Å². The van der Waals surface area contributed by atoms with E-state index in [4.69, 9.17) is 26.9 Å². The van der Waals surface area contributed by atoms with Crippen LogP contribution in [0.1, 0.15) is 28.0 Å². The smallest absolute Gasteiger partial charge is 0.267 e. The standard InChI is InChI=1S/C22H26ClN7O2S.C3H8O2/c1-14-4-3-5-16(23)20(14)28-21(32)17-13-24-22(33-17)27-18-12-19(26-15(2)25-18)30-8-6-29(7-9-30)10-11-31;1-3(5)2-4/h3-5,12-13,31H,6-11H2,1-2H3,(H,28,32)(H,24,25,26,27);3-5H,2H2,1H3/t;3-/m.0/s1. The van der Waals surface area contributed by atoms with Crippen molar-refractivity contribution in [1.82, 2.24) is 19.9 Å². The number of aromatic nitrogens is 3. The molecule has 206 valence electrons. The number of carbonyl (C=O) groups excluding carboxylic acids is 1. The van der Waals surface area contributed by atoms with Crippen LogP contribution in [0.4, 0.5) is 22.5 Å². The van der Waals surface area contributed by atoms with E-state index >= 15 is 0 Å². The molecule has 0 radical (unpaired) electrons. The zero-order valence-corrected chi connectivity index (χ0v) is 23.3. The number of anilines is 4. The number of para-hydroxylation sites is 1. The van der Waals surface area contributed by atoms with E-state index in [1.807, 2.05) is 32.0 Å². The molecule has 1 saturated heterocycles. The Hall–Kier alpha value is -2.87. The van der Waals surface area contributed by atoms with Gasteiger partial charge in [0, 0.05) is 38.8 Å². The number of carbonyl (C=O) groups is 1. The van der Waals surface area contributed by atoms with E-state index in [1.54, 1.807) is 6.07 Å². The van der Waals surface area contributed by atoms with Crippen LogP contribution in [0.2, 0.25) is 5.02 Å². The fourth-order valence-electron chi connectivity index (χ4n) is 3.63. The minimum Gasteiger partial charge on any atom is -0.395 e. The number of rotatable bonds is 8. The average Bonchev–Trinajstić information content (AvgIpc) is 3.35. The zero-order valence-electron chi connectivity index (χ0n) is 21.7. The lowest BCUT2D eigenvalue weighted by Gasteiger charge is -2.35.